The fourth-order valence-corrected chi connectivity index (χ4v) is 1.91. The molecule has 0 bridgehead atoms. The van der Waals surface area contributed by atoms with E-state index in [9.17, 15) is 4.79 Å². The van der Waals surface area contributed by atoms with Crippen LogP contribution in [0.5, 0.6) is 0 Å². The maximum Gasteiger partial charge on any atom is 0.303 e. The highest BCUT2D eigenvalue weighted by molar-refractivity contribution is 5.66. The predicted octanol–water partition coefficient (Wildman–Crippen LogP) is 2.93. The van der Waals surface area contributed by atoms with Crippen molar-refractivity contribution in [2.75, 3.05) is 0 Å². The highest BCUT2D eigenvalue weighted by atomic mass is 16.5. The Balaban J connectivity index is 2.62. The van der Waals surface area contributed by atoms with Gasteiger partial charge in [-0.2, -0.15) is 0 Å². The summed E-state index contributed by atoms with van der Waals surface area (Å²) in [5, 5.41) is 0. The molecule has 0 N–H and O–H groups in total. The van der Waals surface area contributed by atoms with E-state index in [1.54, 1.807) is 0 Å². The Hall–Kier alpha value is -0.790. The van der Waals surface area contributed by atoms with E-state index in [1.165, 1.54) is 12.5 Å². The number of hydrogen-bond donors (Lipinski definition) is 0. The Bertz CT molecular complexity index is 241. The molecule has 2 atom stereocenters. The van der Waals surface area contributed by atoms with Crippen LogP contribution in [-0.4, -0.2) is 12.1 Å². The molecule has 0 fully saturated rings. The Morgan fingerprint density at radius 1 is 1.57 bits per heavy atom. The van der Waals surface area contributed by atoms with Crippen molar-refractivity contribution in [2.45, 2.75) is 46.6 Å². The molecule has 1 aliphatic rings. The van der Waals surface area contributed by atoms with Gasteiger partial charge in [0.25, 0.3) is 0 Å². The average molecular weight is 196 g/mol. The van der Waals surface area contributed by atoms with Gasteiger partial charge in [-0.1, -0.05) is 19.9 Å². The molecule has 80 valence electrons. The molecule has 0 aliphatic heterocycles. The van der Waals surface area contributed by atoms with E-state index in [2.05, 4.69) is 19.9 Å². The summed E-state index contributed by atoms with van der Waals surface area (Å²) >= 11 is 0. The fraction of sp³-hybridized carbons (Fsp3) is 0.750. The molecule has 0 saturated heterocycles. The van der Waals surface area contributed by atoms with Crippen LogP contribution in [-0.2, 0) is 9.53 Å². The molecule has 0 aromatic heterocycles. The van der Waals surface area contributed by atoms with Crippen molar-refractivity contribution in [3.05, 3.63) is 11.6 Å². The lowest BCUT2D eigenvalue weighted by atomic mass is 9.81. The van der Waals surface area contributed by atoms with Gasteiger partial charge in [0, 0.05) is 6.92 Å². The molecule has 0 spiro atoms. The van der Waals surface area contributed by atoms with Gasteiger partial charge in [0.15, 0.2) is 0 Å². The number of hydrogen-bond acceptors (Lipinski definition) is 2. The largest absolute Gasteiger partial charge is 0.458 e. The Morgan fingerprint density at radius 2 is 2.21 bits per heavy atom. The molecule has 0 unspecified atom stereocenters. The van der Waals surface area contributed by atoms with Gasteiger partial charge < -0.3 is 4.74 Å². The number of carbonyl (C=O) groups excluding carboxylic acids is 1. The van der Waals surface area contributed by atoms with Crippen LogP contribution in [0, 0.1) is 11.8 Å². The molecular weight excluding hydrogens is 176 g/mol. The summed E-state index contributed by atoms with van der Waals surface area (Å²) < 4.78 is 5.28. The van der Waals surface area contributed by atoms with Crippen LogP contribution in [0.15, 0.2) is 11.6 Å². The monoisotopic (exact) mass is 196 g/mol. The highest BCUT2D eigenvalue weighted by Crippen LogP contribution is 2.30. The summed E-state index contributed by atoms with van der Waals surface area (Å²) in [6.45, 7) is 7.98. The standard InChI is InChI=1S/C12H20O2/c1-8(2)11-6-5-9(3)12(7-11)14-10(4)13/h5,8,11-12H,6-7H2,1-4H3/t11-,12+/m0/s1. The smallest absolute Gasteiger partial charge is 0.303 e. The molecule has 0 amide bonds. The lowest BCUT2D eigenvalue weighted by molar-refractivity contribution is -0.145. The first-order valence-corrected chi connectivity index (χ1v) is 5.34. The van der Waals surface area contributed by atoms with E-state index in [4.69, 9.17) is 4.74 Å². The molecule has 2 nitrogen and oxygen atoms in total. The summed E-state index contributed by atoms with van der Waals surface area (Å²) in [5.41, 5.74) is 1.21. The summed E-state index contributed by atoms with van der Waals surface area (Å²) in [4.78, 5) is 10.9. The quantitative estimate of drug-likeness (QED) is 0.501. The van der Waals surface area contributed by atoms with Crippen molar-refractivity contribution < 1.29 is 9.53 Å². The third-order valence-electron chi connectivity index (χ3n) is 3.02. The van der Waals surface area contributed by atoms with Gasteiger partial charge in [0.05, 0.1) is 0 Å². The molecule has 1 aliphatic carbocycles. The zero-order valence-electron chi connectivity index (χ0n) is 9.54. The number of rotatable bonds is 2. The van der Waals surface area contributed by atoms with Crippen LogP contribution in [0.1, 0.15) is 40.5 Å². The summed E-state index contributed by atoms with van der Waals surface area (Å²) in [5.74, 6) is 1.15. The van der Waals surface area contributed by atoms with Gasteiger partial charge in [0.2, 0.25) is 0 Å². The Kier molecular flexibility index (Phi) is 3.73. The number of carbonyl (C=O) groups is 1. The van der Waals surface area contributed by atoms with E-state index in [0.29, 0.717) is 11.8 Å². The molecule has 0 saturated carbocycles. The minimum Gasteiger partial charge on any atom is -0.458 e. The second kappa shape index (κ2) is 4.63. The van der Waals surface area contributed by atoms with E-state index in [0.717, 1.165) is 12.8 Å². The highest BCUT2D eigenvalue weighted by Gasteiger charge is 2.25. The lowest BCUT2D eigenvalue weighted by Gasteiger charge is -2.30. The SMILES string of the molecule is CC(=O)O[C@@H]1C[C@@H](C(C)C)CC=C1C. The van der Waals surface area contributed by atoms with E-state index >= 15 is 0 Å². The fourth-order valence-electron chi connectivity index (χ4n) is 1.91. The van der Waals surface area contributed by atoms with Crippen molar-refractivity contribution in [3.63, 3.8) is 0 Å². The van der Waals surface area contributed by atoms with Gasteiger partial charge in [-0.15, -0.1) is 0 Å². The van der Waals surface area contributed by atoms with Crippen LogP contribution in [0.2, 0.25) is 0 Å². The van der Waals surface area contributed by atoms with Crippen molar-refractivity contribution in [3.8, 4) is 0 Å². The molecule has 0 radical (unpaired) electrons. The third-order valence-corrected chi connectivity index (χ3v) is 3.02. The first-order chi connectivity index (χ1) is 6.50. The molecule has 0 aromatic carbocycles. The zero-order chi connectivity index (χ0) is 10.7. The lowest BCUT2D eigenvalue weighted by Crippen LogP contribution is -2.26. The maximum absolute atomic E-state index is 10.9. The zero-order valence-corrected chi connectivity index (χ0v) is 9.54. The van der Waals surface area contributed by atoms with E-state index in [1.807, 2.05) is 6.92 Å². The Labute approximate surface area is 86.3 Å². The van der Waals surface area contributed by atoms with Crippen molar-refractivity contribution in [2.24, 2.45) is 11.8 Å². The van der Waals surface area contributed by atoms with Gasteiger partial charge in [-0.3, -0.25) is 4.79 Å². The van der Waals surface area contributed by atoms with Crippen LogP contribution >= 0.6 is 0 Å². The maximum atomic E-state index is 10.9. The topological polar surface area (TPSA) is 26.3 Å². The van der Waals surface area contributed by atoms with E-state index in [-0.39, 0.29) is 12.1 Å². The minimum absolute atomic E-state index is 0.0219. The third kappa shape index (κ3) is 2.86. The van der Waals surface area contributed by atoms with Crippen molar-refractivity contribution in [1.82, 2.24) is 0 Å². The van der Waals surface area contributed by atoms with Gasteiger partial charge in [0.1, 0.15) is 6.10 Å². The Morgan fingerprint density at radius 3 is 2.71 bits per heavy atom. The summed E-state index contributed by atoms with van der Waals surface area (Å²) in [7, 11) is 0. The predicted molar refractivity (Wildman–Crippen MR) is 56.9 cm³/mol. The normalized spacial score (nSPS) is 27.4. The molecule has 14 heavy (non-hydrogen) atoms. The molecule has 2 heteroatoms. The van der Waals surface area contributed by atoms with Crippen LogP contribution in [0.3, 0.4) is 0 Å². The second-order valence-electron chi connectivity index (χ2n) is 4.52. The molecular formula is C12H20O2. The minimum atomic E-state index is -0.174. The molecule has 1 rings (SSSR count). The number of allylic oxidation sites excluding steroid dienone is 1. The van der Waals surface area contributed by atoms with E-state index < -0.39 is 0 Å². The van der Waals surface area contributed by atoms with Crippen LogP contribution in [0.4, 0.5) is 0 Å². The number of ether oxygens (including phenoxy) is 1. The second-order valence-corrected chi connectivity index (χ2v) is 4.52. The van der Waals surface area contributed by atoms with Gasteiger partial charge in [-0.05, 0) is 37.2 Å². The van der Waals surface area contributed by atoms with Crippen molar-refractivity contribution >= 4 is 5.97 Å². The van der Waals surface area contributed by atoms with Gasteiger partial charge >= 0.3 is 5.97 Å². The van der Waals surface area contributed by atoms with Crippen LogP contribution in [0.25, 0.3) is 0 Å². The van der Waals surface area contributed by atoms with Crippen molar-refractivity contribution in [1.29, 1.82) is 0 Å². The van der Waals surface area contributed by atoms with Gasteiger partial charge in [-0.25, -0.2) is 0 Å². The molecule has 0 heterocycles. The summed E-state index contributed by atoms with van der Waals surface area (Å²) in [6, 6.07) is 0. The number of esters is 1. The summed E-state index contributed by atoms with van der Waals surface area (Å²) in [6.07, 6.45) is 4.34. The first-order valence-electron chi connectivity index (χ1n) is 5.34. The first kappa shape index (κ1) is 11.3. The molecule has 0 aromatic rings. The van der Waals surface area contributed by atoms with Crippen LogP contribution < -0.4 is 0 Å². The average Bonchev–Trinajstić information content (AvgIpc) is 2.07.